The molecule has 1 fully saturated rings. The lowest BCUT2D eigenvalue weighted by molar-refractivity contribution is 0.0644. The van der Waals surface area contributed by atoms with E-state index in [1.165, 1.54) is 18.4 Å². The molecule has 116 valence electrons. The van der Waals surface area contributed by atoms with Crippen LogP contribution in [0.25, 0.3) is 0 Å². The van der Waals surface area contributed by atoms with Crippen LogP contribution < -0.4 is 10.1 Å². The molecule has 1 aliphatic heterocycles. The third-order valence-electron chi connectivity index (χ3n) is 4.85. The summed E-state index contributed by atoms with van der Waals surface area (Å²) in [5, 5.41) is 3.78. The van der Waals surface area contributed by atoms with Crippen molar-refractivity contribution in [1.29, 1.82) is 0 Å². The predicted molar refractivity (Wildman–Crippen MR) is 86.8 cm³/mol. The van der Waals surface area contributed by atoms with Crippen molar-refractivity contribution in [2.24, 2.45) is 0 Å². The number of hydrogen-bond acceptors (Lipinski definition) is 3. The van der Waals surface area contributed by atoms with Gasteiger partial charge >= 0.3 is 0 Å². The van der Waals surface area contributed by atoms with Crippen LogP contribution in [0.3, 0.4) is 0 Å². The van der Waals surface area contributed by atoms with Crippen LogP contribution in [-0.2, 0) is 0 Å². The van der Waals surface area contributed by atoms with Crippen LogP contribution in [0.5, 0.6) is 5.75 Å². The first kappa shape index (κ1) is 14.9. The van der Waals surface area contributed by atoms with Gasteiger partial charge in [-0.1, -0.05) is 18.2 Å². The van der Waals surface area contributed by atoms with Gasteiger partial charge in [0, 0.05) is 36.7 Å². The molecular weight excluding hydrogens is 260 g/mol. The summed E-state index contributed by atoms with van der Waals surface area (Å²) in [6.07, 6.45) is 3.76. The number of likely N-dealkylation sites (N-methyl/N-ethyl adjacent to an activating group) is 1. The number of para-hydroxylation sites is 1. The number of hydrogen-bond donors (Lipinski definition) is 1. The van der Waals surface area contributed by atoms with E-state index in [9.17, 15) is 0 Å². The maximum Gasteiger partial charge on any atom is 0.124 e. The van der Waals surface area contributed by atoms with Crippen molar-refractivity contribution in [3.8, 4) is 5.75 Å². The molecule has 0 aromatic heterocycles. The molecule has 1 aliphatic carbocycles. The van der Waals surface area contributed by atoms with Crippen LogP contribution in [-0.4, -0.2) is 36.2 Å². The number of nitrogens with zero attached hydrogens (tertiary/aromatic N) is 1. The highest BCUT2D eigenvalue weighted by molar-refractivity contribution is 5.38. The SMILES string of the molecule is CC(CNC1CC(C)(C)Oc2ccccc21)N(C)C1CC1. The highest BCUT2D eigenvalue weighted by Gasteiger charge is 2.34. The fourth-order valence-corrected chi connectivity index (χ4v) is 3.28. The smallest absolute Gasteiger partial charge is 0.124 e. The second-order valence-electron chi connectivity index (χ2n) is 7.31. The van der Waals surface area contributed by atoms with E-state index in [0.29, 0.717) is 12.1 Å². The first-order chi connectivity index (χ1) is 9.96. The van der Waals surface area contributed by atoms with E-state index in [2.05, 4.69) is 62.3 Å². The molecule has 0 spiro atoms. The van der Waals surface area contributed by atoms with Gasteiger partial charge in [-0.25, -0.2) is 0 Å². The lowest BCUT2D eigenvalue weighted by Crippen LogP contribution is -2.44. The highest BCUT2D eigenvalue weighted by Crippen LogP contribution is 2.39. The van der Waals surface area contributed by atoms with E-state index in [1.54, 1.807) is 0 Å². The largest absolute Gasteiger partial charge is 0.487 e. The molecule has 1 N–H and O–H groups in total. The fraction of sp³-hybridized carbons (Fsp3) is 0.667. The van der Waals surface area contributed by atoms with Crippen molar-refractivity contribution in [3.05, 3.63) is 29.8 Å². The Balaban J connectivity index is 1.66. The summed E-state index contributed by atoms with van der Waals surface area (Å²) in [7, 11) is 2.26. The minimum Gasteiger partial charge on any atom is -0.487 e. The molecule has 1 aromatic rings. The van der Waals surface area contributed by atoms with Gasteiger partial charge in [-0.2, -0.15) is 0 Å². The summed E-state index contributed by atoms with van der Waals surface area (Å²) in [5.74, 6) is 1.04. The van der Waals surface area contributed by atoms with Crippen molar-refractivity contribution in [1.82, 2.24) is 10.2 Å². The van der Waals surface area contributed by atoms with E-state index >= 15 is 0 Å². The predicted octanol–water partition coefficient (Wildman–Crippen LogP) is 3.36. The Morgan fingerprint density at radius 1 is 1.33 bits per heavy atom. The molecular formula is C18H28N2O. The Kier molecular flexibility index (Phi) is 3.98. The van der Waals surface area contributed by atoms with Crippen LogP contribution >= 0.6 is 0 Å². The van der Waals surface area contributed by atoms with Gasteiger partial charge in [-0.15, -0.1) is 0 Å². The van der Waals surface area contributed by atoms with E-state index in [4.69, 9.17) is 4.74 Å². The van der Waals surface area contributed by atoms with Gasteiger partial charge in [-0.05, 0) is 46.7 Å². The maximum absolute atomic E-state index is 6.10. The fourth-order valence-electron chi connectivity index (χ4n) is 3.28. The topological polar surface area (TPSA) is 24.5 Å². The number of benzene rings is 1. The molecule has 21 heavy (non-hydrogen) atoms. The van der Waals surface area contributed by atoms with E-state index in [0.717, 1.165) is 24.8 Å². The Bertz CT molecular complexity index is 496. The number of fused-ring (bicyclic) bond motifs is 1. The first-order valence-electron chi connectivity index (χ1n) is 8.19. The van der Waals surface area contributed by atoms with Crippen LogP contribution in [0.15, 0.2) is 24.3 Å². The normalized spacial score (nSPS) is 25.3. The third kappa shape index (κ3) is 3.41. The average molecular weight is 288 g/mol. The summed E-state index contributed by atoms with van der Waals surface area (Å²) in [5.41, 5.74) is 1.20. The van der Waals surface area contributed by atoms with E-state index in [-0.39, 0.29) is 5.60 Å². The molecule has 1 heterocycles. The van der Waals surface area contributed by atoms with Gasteiger partial charge < -0.3 is 10.1 Å². The standard InChI is InChI=1S/C18H28N2O/c1-13(20(4)14-9-10-14)12-19-16-11-18(2,3)21-17-8-6-5-7-15(16)17/h5-8,13-14,16,19H,9-12H2,1-4H3. The second-order valence-corrected chi connectivity index (χ2v) is 7.31. The summed E-state index contributed by atoms with van der Waals surface area (Å²) in [6.45, 7) is 7.71. The Labute approximate surface area is 128 Å². The molecule has 0 amide bonds. The Morgan fingerprint density at radius 2 is 2.05 bits per heavy atom. The lowest BCUT2D eigenvalue weighted by Gasteiger charge is -2.39. The average Bonchev–Trinajstić information content (AvgIpc) is 3.27. The van der Waals surface area contributed by atoms with Crippen LogP contribution in [0.2, 0.25) is 0 Å². The summed E-state index contributed by atoms with van der Waals surface area (Å²) >= 11 is 0. The summed E-state index contributed by atoms with van der Waals surface area (Å²) < 4.78 is 6.10. The van der Waals surface area contributed by atoms with Gasteiger partial charge in [0.25, 0.3) is 0 Å². The monoisotopic (exact) mass is 288 g/mol. The second kappa shape index (κ2) is 5.62. The highest BCUT2D eigenvalue weighted by atomic mass is 16.5. The number of rotatable bonds is 5. The molecule has 0 bridgehead atoms. The minimum atomic E-state index is -0.0996. The molecule has 0 saturated heterocycles. The Hall–Kier alpha value is -1.06. The van der Waals surface area contributed by atoms with Crippen molar-refractivity contribution in [3.63, 3.8) is 0 Å². The molecule has 2 unspecified atom stereocenters. The van der Waals surface area contributed by atoms with Crippen molar-refractivity contribution < 1.29 is 4.74 Å². The van der Waals surface area contributed by atoms with Crippen LogP contribution in [0.1, 0.15) is 51.6 Å². The van der Waals surface area contributed by atoms with Crippen LogP contribution in [0, 0.1) is 0 Å². The van der Waals surface area contributed by atoms with Gasteiger partial charge in [0.15, 0.2) is 0 Å². The van der Waals surface area contributed by atoms with Crippen molar-refractivity contribution in [2.45, 2.75) is 63.8 Å². The minimum absolute atomic E-state index is 0.0996. The maximum atomic E-state index is 6.10. The molecule has 3 heteroatoms. The van der Waals surface area contributed by atoms with Gasteiger partial charge in [0.2, 0.25) is 0 Å². The quantitative estimate of drug-likeness (QED) is 0.899. The van der Waals surface area contributed by atoms with Gasteiger partial charge in [-0.3, -0.25) is 4.90 Å². The number of nitrogens with one attached hydrogen (secondary N) is 1. The Morgan fingerprint density at radius 3 is 2.76 bits per heavy atom. The summed E-state index contributed by atoms with van der Waals surface area (Å²) in [4.78, 5) is 2.52. The molecule has 3 rings (SSSR count). The van der Waals surface area contributed by atoms with Crippen LogP contribution in [0.4, 0.5) is 0 Å². The van der Waals surface area contributed by atoms with Crippen molar-refractivity contribution in [2.75, 3.05) is 13.6 Å². The van der Waals surface area contributed by atoms with Gasteiger partial charge in [0.05, 0.1) is 0 Å². The third-order valence-corrected chi connectivity index (χ3v) is 4.85. The molecule has 1 aromatic carbocycles. The number of ether oxygens (including phenoxy) is 1. The zero-order valence-corrected chi connectivity index (χ0v) is 13.7. The molecule has 2 aliphatic rings. The molecule has 0 radical (unpaired) electrons. The summed E-state index contributed by atoms with van der Waals surface area (Å²) in [6, 6.07) is 10.2. The lowest BCUT2D eigenvalue weighted by atomic mass is 9.89. The van der Waals surface area contributed by atoms with Gasteiger partial charge in [0.1, 0.15) is 11.4 Å². The zero-order chi connectivity index (χ0) is 15.0. The first-order valence-corrected chi connectivity index (χ1v) is 8.19. The molecule has 3 nitrogen and oxygen atoms in total. The molecule has 1 saturated carbocycles. The van der Waals surface area contributed by atoms with Crippen molar-refractivity contribution >= 4 is 0 Å². The zero-order valence-electron chi connectivity index (χ0n) is 13.7. The van der Waals surface area contributed by atoms with E-state index in [1.807, 2.05) is 0 Å². The molecule has 2 atom stereocenters. The van der Waals surface area contributed by atoms with E-state index < -0.39 is 0 Å².